The highest BCUT2D eigenvalue weighted by Gasteiger charge is 2.07. The number of nitrogens with one attached hydrogen (secondary N) is 2. The molecule has 116 valence electrons. The number of aryl methyl sites for hydroxylation is 1. The van der Waals surface area contributed by atoms with Crippen LogP contribution in [0.25, 0.3) is 0 Å². The normalized spacial score (nSPS) is 10.1. The lowest BCUT2D eigenvalue weighted by Gasteiger charge is -2.12. The quantitative estimate of drug-likeness (QED) is 0.857. The van der Waals surface area contributed by atoms with Crippen LogP contribution < -0.4 is 15.4 Å². The van der Waals surface area contributed by atoms with Gasteiger partial charge in [-0.15, -0.1) is 0 Å². The Labute approximate surface area is 129 Å². The minimum Gasteiger partial charge on any atom is -0.492 e. The van der Waals surface area contributed by atoms with E-state index in [1.54, 1.807) is 31.2 Å². The van der Waals surface area contributed by atoms with Crippen LogP contribution in [-0.4, -0.2) is 19.1 Å². The van der Waals surface area contributed by atoms with Gasteiger partial charge in [-0.2, -0.15) is 0 Å². The van der Waals surface area contributed by atoms with Gasteiger partial charge in [0.15, 0.2) is 0 Å². The standard InChI is InChI=1S/C17H19FN2O2/c1-3-22-16-7-5-4-6-15(16)20-17(21)11-19-13-9-8-12(2)14(18)10-13/h4-10,19H,3,11H2,1-2H3,(H,20,21). The Kier molecular flexibility index (Phi) is 5.36. The Morgan fingerprint density at radius 3 is 2.73 bits per heavy atom. The van der Waals surface area contributed by atoms with Crippen LogP contribution in [0.1, 0.15) is 12.5 Å². The summed E-state index contributed by atoms with van der Waals surface area (Å²) in [4.78, 5) is 12.0. The molecule has 0 aliphatic heterocycles. The van der Waals surface area contributed by atoms with E-state index in [0.717, 1.165) is 0 Å². The second kappa shape index (κ2) is 7.45. The number of halogens is 1. The second-order valence-corrected chi connectivity index (χ2v) is 4.79. The van der Waals surface area contributed by atoms with E-state index < -0.39 is 0 Å². The van der Waals surface area contributed by atoms with Gasteiger partial charge in [-0.25, -0.2) is 4.39 Å². The Morgan fingerprint density at radius 2 is 2.00 bits per heavy atom. The molecule has 0 fully saturated rings. The summed E-state index contributed by atoms with van der Waals surface area (Å²) in [5, 5.41) is 5.66. The van der Waals surface area contributed by atoms with Crippen molar-refractivity contribution in [3.05, 3.63) is 53.8 Å². The zero-order valence-corrected chi connectivity index (χ0v) is 12.7. The Balaban J connectivity index is 1.94. The monoisotopic (exact) mass is 302 g/mol. The molecule has 0 heterocycles. The van der Waals surface area contributed by atoms with Crippen molar-refractivity contribution in [1.29, 1.82) is 0 Å². The summed E-state index contributed by atoms with van der Waals surface area (Å²) >= 11 is 0. The van der Waals surface area contributed by atoms with Gasteiger partial charge in [0.05, 0.1) is 18.8 Å². The van der Waals surface area contributed by atoms with E-state index in [1.807, 2.05) is 19.1 Å². The Morgan fingerprint density at radius 1 is 1.23 bits per heavy atom. The highest BCUT2D eigenvalue weighted by atomic mass is 19.1. The summed E-state index contributed by atoms with van der Waals surface area (Å²) in [7, 11) is 0. The maximum atomic E-state index is 13.4. The summed E-state index contributed by atoms with van der Waals surface area (Å²) in [6, 6.07) is 12.0. The lowest BCUT2D eigenvalue weighted by atomic mass is 10.2. The van der Waals surface area contributed by atoms with E-state index in [9.17, 15) is 9.18 Å². The third kappa shape index (κ3) is 4.22. The molecule has 2 N–H and O–H groups in total. The summed E-state index contributed by atoms with van der Waals surface area (Å²) in [5.41, 5.74) is 1.75. The number of hydrogen-bond donors (Lipinski definition) is 2. The van der Waals surface area contributed by atoms with Crippen LogP contribution in [0.4, 0.5) is 15.8 Å². The molecule has 22 heavy (non-hydrogen) atoms. The fourth-order valence-electron chi connectivity index (χ4n) is 1.93. The summed E-state index contributed by atoms with van der Waals surface area (Å²) in [5.74, 6) is 0.0972. The van der Waals surface area contributed by atoms with Gasteiger partial charge < -0.3 is 15.4 Å². The molecule has 1 amide bonds. The highest BCUT2D eigenvalue weighted by Crippen LogP contribution is 2.23. The first kappa shape index (κ1) is 15.8. The number of carbonyl (C=O) groups is 1. The molecule has 0 atom stereocenters. The second-order valence-electron chi connectivity index (χ2n) is 4.79. The number of amides is 1. The molecule has 2 aromatic carbocycles. The molecule has 0 aliphatic carbocycles. The molecule has 0 bridgehead atoms. The van der Waals surface area contributed by atoms with Crippen molar-refractivity contribution in [3.8, 4) is 5.75 Å². The van der Waals surface area contributed by atoms with Crippen molar-refractivity contribution in [1.82, 2.24) is 0 Å². The van der Waals surface area contributed by atoms with Crippen LogP contribution in [0.15, 0.2) is 42.5 Å². The number of anilines is 2. The van der Waals surface area contributed by atoms with E-state index in [1.165, 1.54) is 6.07 Å². The molecule has 0 spiro atoms. The molecule has 0 radical (unpaired) electrons. The molecule has 2 rings (SSSR count). The molecule has 4 nitrogen and oxygen atoms in total. The SMILES string of the molecule is CCOc1ccccc1NC(=O)CNc1ccc(C)c(F)c1. The minimum absolute atomic E-state index is 0.0446. The smallest absolute Gasteiger partial charge is 0.243 e. The number of para-hydroxylation sites is 2. The minimum atomic E-state index is -0.299. The maximum Gasteiger partial charge on any atom is 0.243 e. The highest BCUT2D eigenvalue weighted by molar-refractivity contribution is 5.95. The van der Waals surface area contributed by atoms with Gasteiger partial charge in [-0.05, 0) is 43.7 Å². The molecule has 0 saturated carbocycles. The van der Waals surface area contributed by atoms with Crippen LogP contribution in [0.3, 0.4) is 0 Å². The lowest BCUT2D eigenvalue weighted by Crippen LogP contribution is -2.22. The first-order valence-electron chi connectivity index (χ1n) is 7.12. The zero-order valence-electron chi connectivity index (χ0n) is 12.7. The van der Waals surface area contributed by atoms with E-state index in [0.29, 0.717) is 29.3 Å². The van der Waals surface area contributed by atoms with E-state index in [2.05, 4.69) is 10.6 Å². The summed E-state index contributed by atoms with van der Waals surface area (Å²) < 4.78 is 18.9. The van der Waals surface area contributed by atoms with Crippen molar-refractivity contribution in [3.63, 3.8) is 0 Å². The first-order valence-corrected chi connectivity index (χ1v) is 7.12. The molecule has 0 unspecified atom stereocenters. The molecule has 0 aliphatic rings. The fourth-order valence-corrected chi connectivity index (χ4v) is 1.93. The summed E-state index contributed by atoms with van der Waals surface area (Å²) in [6.07, 6.45) is 0. The van der Waals surface area contributed by atoms with Crippen LogP contribution in [0, 0.1) is 12.7 Å². The molecular formula is C17H19FN2O2. The van der Waals surface area contributed by atoms with Gasteiger partial charge in [0.1, 0.15) is 11.6 Å². The van der Waals surface area contributed by atoms with Gasteiger partial charge in [0.25, 0.3) is 0 Å². The van der Waals surface area contributed by atoms with Crippen LogP contribution >= 0.6 is 0 Å². The van der Waals surface area contributed by atoms with Crippen molar-refractivity contribution >= 4 is 17.3 Å². The van der Waals surface area contributed by atoms with Gasteiger partial charge in [-0.3, -0.25) is 4.79 Å². The Bertz CT molecular complexity index is 659. The molecule has 5 heteroatoms. The number of carbonyl (C=O) groups excluding carboxylic acids is 1. The van der Waals surface area contributed by atoms with Crippen LogP contribution in [0.2, 0.25) is 0 Å². The third-order valence-electron chi connectivity index (χ3n) is 3.09. The number of rotatable bonds is 6. The van der Waals surface area contributed by atoms with Crippen molar-refractivity contribution in [2.45, 2.75) is 13.8 Å². The van der Waals surface area contributed by atoms with Crippen molar-refractivity contribution < 1.29 is 13.9 Å². The van der Waals surface area contributed by atoms with Crippen LogP contribution in [-0.2, 0) is 4.79 Å². The predicted octanol–water partition coefficient (Wildman–Crippen LogP) is 3.58. The number of hydrogen-bond acceptors (Lipinski definition) is 3. The third-order valence-corrected chi connectivity index (χ3v) is 3.09. The lowest BCUT2D eigenvalue weighted by molar-refractivity contribution is -0.114. The van der Waals surface area contributed by atoms with Gasteiger partial charge in [-0.1, -0.05) is 18.2 Å². The largest absolute Gasteiger partial charge is 0.492 e. The molecule has 2 aromatic rings. The molecule has 0 saturated heterocycles. The Hall–Kier alpha value is -2.56. The van der Waals surface area contributed by atoms with E-state index in [-0.39, 0.29) is 18.3 Å². The fraction of sp³-hybridized carbons (Fsp3) is 0.235. The number of ether oxygens (including phenoxy) is 1. The van der Waals surface area contributed by atoms with Gasteiger partial charge in [0.2, 0.25) is 5.91 Å². The van der Waals surface area contributed by atoms with E-state index in [4.69, 9.17) is 4.74 Å². The van der Waals surface area contributed by atoms with Crippen molar-refractivity contribution in [2.75, 3.05) is 23.8 Å². The topological polar surface area (TPSA) is 50.4 Å². The summed E-state index contributed by atoms with van der Waals surface area (Å²) in [6.45, 7) is 4.14. The van der Waals surface area contributed by atoms with Crippen molar-refractivity contribution in [2.24, 2.45) is 0 Å². The van der Waals surface area contributed by atoms with Gasteiger partial charge >= 0.3 is 0 Å². The first-order chi connectivity index (χ1) is 10.6. The maximum absolute atomic E-state index is 13.4. The van der Waals surface area contributed by atoms with E-state index >= 15 is 0 Å². The predicted molar refractivity (Wildman–Crippen MR) is 85.9 cm³/mol. The zero-order chi connectivity index (χ0) is 15.9. The molecular weight excluding hydrogens is 283 g/mol. The number of benzene rings is 2. The molecule has 0 aromatic heterocycles. The van der Waals surface area contributed by atoms with Gasteiger partial charge in [0, 0.05) is 5.69 Å². The van der Waals surface area contributed by atoms with Crippen LogP contribution in [0.5, 0.6) is 5.75 Å². The average molecular weight is 302 g/mol. The average Bonchev–Trinajstić information content (AvgIpc) is 2.51.